The first-order chi connectivity index (χ1) is 8.62. The molecule has 18 heavy (non-hydrogen) atoms. The van der Waals surface area contributed by atoms with Crippen molar-refractivity contribution in [3.8, 4) is 0 Å². The molecule has 1 aromatic rings. The standard InChI is InChI=1S/C10H10O4.C3H9P/c1-13-9(11)7-5-3-4-6-8(7)10(12)14-2;1-2-3-4/h3-6H,1-2H3;2-4H2,1H3. The SMILES string of the molecule is CCCP.COC(=O)c1ccccc1C(=O)OC. The molecule has 0 spiro atoms. The molecule has 0 N–H and O–H groups in total. The average molecular weight is 270 g/mol. The maximum absolute atomic E-state index is 11.2. The molecular formula is C13H19O4P. The van der Waals surface area contributed by atoms with Gasteiger partial charge in [-0.15, -0.1) is 9.24 Å². The lowest BCUT2D eigenvalue weighted by atomic mass is 10.1. The first-order valence-electron chi connectivity index (χ1n) is 5.58. The maximum Gasteiger partial charge on any atom is 0.338 e. The van der Waals surface area contributed by atoms with Gasteiger partial charge in [0.1, 0.15) is 0 Å². The van der Waals surface area contributed by atoms with Gasteiger partial charge in [-0.25, -0.2) is 9.59 Å². The number of rotatable bonds is 3. The normalized spacial score (nSPS) is 8.89. The molecule has 0 saturated heterocycles. The van der Waals surface area contributed by atoms with Crippen LogP contribution < -0.4 is 0 Å². The molecular weight excluding hydrogens is 251 g/mol. The van der Waals surface area contributed by atoms with Gasteiger partial charge in [0.2, 0.25) is 0 Å². The van der Waals surface area contributed by atoms with Crippen molar-refractivity contribution in [1.29, 1.82) is 0 Å². The summed E-state index contributed by atoms with van der Waals surface area (Å²) in [5.74, 6) is -1.10. The molecule has 0 aliphatic rings. The lowest BCUT2D eigenvalue weighted by Gasteiger charge is -2.04. The zero-order valence-corrected chi connectivity index (χ0v) is 12.1. The quantitative estimate of drug-likeness (QED) is 0.625. The van der Waals surface area contributed by atoms with Crippen molar-refractivity contribution in [3.05, 3.63) is 35.4 Å². The third kappa shape index (κ3) is 5.28. The van der Waals surface area contributed by atoms with Gasteiger partial charge in [0, 0.05) is 0 Å². The molecule has 0 aliphatic heterocycles. The van der Waals surface area contributed by atoms with Crippen LogP contribution in [0.2, 0.25) is 0 Å². The Kier molecular flexibility index (Phi) is 8.85. The summed E-state index contributed by atoms with van der Waals surface area (Å²) in [4.78, 5) is 22.4. The highest BCUT2D eigenvalue weighted by Gasteiger charge is 2.16. The molecule has 0 aliphatic carbocycles. The average Bonchev–Trinajstić information content (AvgIpc) is 2.45. The molecule has 1 rings (SSSR count). The summed E-state index contributed by atoms with van der Waals surface area (Å²) < 4.78 is 9.05. The molecule has 4 nitrogen and oxygen atoms in total. The molecule has 0 heterocycles. The Bertz CT molecular complexity index is 353. The van der Waals surface area contributed by atoms with Crippen molar-refractivity contribution in [3.63, 3.8) is 0 Å². The summed E-state index contributed by atoms with van der Waals surface area (Å²) in [7, 11) is 5.18. The van der Waals surface area contributed by atoms with Crippen LogP contribution in [-0.2, 0) is 9.47 Å². The summed E-state index contributed by atoms with van der Waals surface area (Å²) in [5.41, 5.74) is 0.420. The van der Waals surface area contributed by atoms with E-state index in [1.807, 2.05) is 0 Å². The van der Waals surface area contributed by atoms with Crippen LogP contribution in [0.1, 0.15) is 34.1 Å². The van der Waals surface area contributed by atoms with Crippen molar-refractivity contribution >= 4 is 21.2 Å². The summed E-state index contributed by atoms with van der Waals surface area (Å²) in [6.45, 7) is 2.16. The molecule has 0 fully saturated rings. The van der Waals surface area contributed by atoms with Gasteiger partial charge in [0.25, 0.3) is 0 Å². The highest BCUT2D eigenvalue weighted by atomic mass is 31.0. The van der Waals surface area contributed by atoms with Gasteiger partial charge >= 0.3 is 11.9 Å². The summed E-state index contributed by atoms with van der Waals surface area (Å²) in [6, 6.07) is 6.33. The van der Waals surface area contributed by atoms with E-state index in [0.717, 1.165) is 0 Å². The smallest absolute Gasteiger partial charge is 0.338 e. The fourth-order valence-electron chi connectivity index (χ4n) is 1.06. The summed E-state index contributed by atoms with van der Waals surface area (Å²) >= 11 is 0. The van der Waals surface area contributed by atoms with Crippen LogP contribution in [0.15, 0.2) is 24.3 Å². The topological polar surface area (TPSA) is 52.6 Å². The van der Waals surface area contributed by atoms with Gasteiger partial charge < -0.3 is 9.47 Å². The Morgan fingerprint density at radius 1 is 1.06 bits per heavy atom. The number of carbonyl (C=O) groups is 2. The van der Waals surface area contributed by atoms with Crippen molar-refractivity contribution in [2.45, 2.75) is 13.3 Å². The molecule has 0 saturated carbocycles. The minimum Gasteiger partial charge on any atom is -0.465 e. The van der Waals surface area contributed by atoms with E-state index in [2.05, 4.69) is 25.6 Å². The molecule has 1 aromatic carbocycles. The van der Waals surface area contributed by atoms with Gasteiger partial charge in [-0.1, -0.05) is 25.5 Å². The van der Waals surface area contributed by atoms with Crippen LogP contribution >= 0.6 is 9.24 Å². The van der Waals surface area contributed by atoms with E-state index in [0.29, 0.717) is 0 Å². The van der Waals surface area contributed by atoms with Gasteiger partial charge in [-0.05, 0) is 18.3 Å². The van der Waals surface area contributed by atoms with Crippen molar-refractivity contribution in [2.24, 2.45) is 0 Å². The highest BCUT2D eigenvalue weighted by Crippen LogP contribution is 2.10. The van der Waals surface area contributed by atoms with Crippen LogP contribution in [0.4, 0.5) is 0 Å². The Hall–Kier alpha value is -1.41. The number of esters is 2. The van der Waals surface area contributed by atoms with Gasteiger partial charge in [-0.3, -0.25) is 0 Å². The molecule has 0 radical (unpaired) electrons. The van der Waals surface area contributed by atoms with E-state index < -0.39 is 11.9 Å². The lowest BCUT2D eigenvalue weighted by Crippen LogP contribution is -2.11. The zero-order chi connectivity index (χ0) is 14.0. The molecule has 0 amide bonds. The number of hydrogen-bond acceptors (Lipinski definition) is 4. The van der Waals surface area contributed by atoms with E-state index >= 15 is 0 Å². The van der Waals surface area contributed by atoms with Crippen LogP contribution in [-0.4, -0.2) is 32.3 Å². The number of hydrogen-bond donors (Lipinski definition) is 0. The number of methoxy groups -OCH3 is 2. The number of ether oxygens (including phenoxy) is 2. The second-order valence-corrected chi connectivity index (χ2v) is 3.89. The van der Waals surface area contributed by atoms with Gasteiger partial charge in [0.15, 0.2) is 0 Å². The predicted octanol–water partition coefficient (Wildman–Crippen LogP) is 2.53. The molecule has 1 unspecified atom stereocenters. The predicted molar refractivity (Wildman–Crippen MR) is 74.0 cm³/mol. The Morgan fingerprint density at radius 2 is 1.39 bits per heavy atom. The minimum atomic E-state index is -0.550. The number of benzene rings is 1. The third-order valence-corrected chi connectivity index (χ3v) is 2.60. The van der Waals surface area contributed by atoms with E-state index in [1.54, 1.807) is 12.1 Å². The fraction of sp³-hybridized carbons (Fsp3) is 0.385. The second kappa shape index (κ2) is 9.60. The van der Waals surface area contributed by atoms with Gasteiger partial charge in [0.05, 0.1) is 25.3 Å². The van der Waals surface area contributed by atoms with E-state index in [1.165, 1.54) is 38.9 Å². The van der Waals surface area contributed by atoms with Crippen LogP contribution in [0.3, 0.4) is 0 Å². The largest absolute Gasteiger partial charge is 0.465 e. The molecule has 5 heteroatoms. The Balaban J connectivity index is 0.000000631. The first kappa shape index (κ1) is 16.6. The Morgan fingerprint density at radius 3 is 1.61 bits per heavy atom. The van der Waals surface area contributed by atoms with Gasteiger partial charge in [-0.2, -0.15) is 0 Å². The minimum absolute atomic E-state index is 0.210. The van der Waals surface area contributed by atoms with Crippen molar-refractivity contribution in [2.75, 3.05) is 20.4 Å². The molecule has 0 bridgehead atoms. The maximum atomic E-state index is 11.2. The second-order valence-electron chi connectivity index (χ2n) is 3.32. The Labute approximate surface area is 110 Å². The fourth-order valence-corrected chi connectivity index (χ4v) is 1.06. The molecule has 0 aromatic heterocycles. The van der Waals surface area contributed by atoms with E-state index in [9.17, 15) is 9.59 Å². The lowest BCUT2D eigenvalue weighted by molar-refractivity contribution is 0.0555. The summed E-state index contributed by atoms with van der Waals surface area (Å²) in [5, 5.41) is 0. The molecule has 100 valence electrons. The van der Waals surface area contributed by atoms with E-state index in [-0.39, 0.29) is 11.1 Å². The highest BCUT2D eigenvalue weighted by molar-refractivity contribution is 7.16. The van der Waals surface area contributed by atoms with Crippen LogP contribution in [0.5, 0.6) is 0 Å². The van der Waals surface area contributed by atoms with Crippen molar-refractivity contribution < 1.29 is 19.1 Å². The van der Waals surface area contributed by atoms with E-state index in [4.69, 9.17) is 0 Å². The summed E-state index contributed by atoms with van der Waals surface area (Å²) in [6.07, 6.45) is 2.52. The van der Waals surface area contributed by atoms with Crippen LogP contribution in [0.25, 0.3) is 0 Å². The first-order valence-corrected chi connectivity index (χ1v) is 6.39. The van der Waals surface area contributed by atoms with Crippen molar-refractivity contribution in [1.82, 2.24) is 0 Å². The molecule has 1 atom stereocenters. The third-order valence-electron chi connectivity index (χ3n) is 2.03. The zero-order valence-electron chi connectivity index (χ0n) is 10.9. The monoisotopic (exact) mass is 270 g/mol. The van der Waals surface area contributed by atoms with Crippen LogP contribution in [0, 0.1) is 0 Å². The number of carbonyl (C=O) groups excluding carboxylic acids is 2.